The van der Waals surface area contributed by atoms with Gasteiger partial charge in [0.25, 0.3) is 0 Å². The topological polar surface area (TPSA) is 39.2 Å². The molecule has 0 aliphatic rings. The summed E-state index contributed by atoms with van der Waals surface area (Å²) in [4.78, 5) is 5.29. The van der Waals surface area contributed by atoms with E-state index in [2.05, 4.69) is 133 Å². The highest BCUT2D eigenvalue weighted by Gasteiger charge is 2.21. The molecule has 3 nitrogen and oxygen atoms in total. The summed E-state index contributed by atoms with van der Waals surface area (Å²) < 4.78 is 12.6. The van der Waals surface area contributed by atoms with Gasteiger partial charge in [-0.25, -0.2) is 4.98 Å². The van der Waals surface area contributed by atoms with Crippen LogP contribution in [0.4, 0.5) is 0 Å². The minimum atomic E-state index is 0.864. The van der Waals surface area contributed by atoms with Crippen molar-refractivity contribution in [2.45, 2.75) is 0 Å². The monoisotopic (exact) mass is 587 g/mol. The molecule has 10 rings (SSSR count). The van der Waals surface area contributed by atoms with Crippen LogP contribution in [0.2, 0.25) is 0 Å². The van der Waals surface area contributed by atoms with E-state index in [9.17, 15) is 0 Å². The van der Waals surface area contributed by atoms with Crippen LogP contribution in [-0.4, -0.2) is 4.98 Å². The first-order valence-corrected chi connectivity index (χ1v) is 15.5. The molecular formula is C43H25NO2. The zero-order chi connectivity index (χ0) is 30.2. The van der Waals surface area contributed by atoms with Gasteiger partial charge in [0.2, 0.25) is 0 Å². The van der Waals surface area contributed by atoms with Gasteiger partial charge >= 0.3 is 0 Å². The lowest BCUT2D eigenvalue weighted by molar-refractivity contribution is 0.669. The second-order valence-electron chi connectivity index (χ2n) is 11.9. The van der Waals surface area contributed by atoms with E-state index in [1.54, 1.807) is 0 Å². The van der Waals surface area contributed by atoms with E-state index in [0.717, 1.165) is 88.1 Å². The Labute approximate surface area is 264 Å². The summed E-state index contributed by atoms with van der Waals surface area (Å²) in [6.07, 6.45) is 0. The predicted octanol–water partition coefficient (Wildman–Crippen LogP) is 12.2. The molecule has 0 atom stereocenters. The maximum Gasteiger partial charge on any atom is 0.136 e. The molecule has 3 heterocycles. The number of nitrogens with zero attached hydrogens (tertiary/aromatic N) is 1. The number of hydrogen-bond acceptors (Lipinski definition) is 3. The van der Waals surface area contributed by atoms with E-state index < -0.39 is 0 Å². The molecule has 46 heavy (non-hydrogen) atoms. The van der Waals surface area contributed by atoms with Gasteiger partial charge in [0.15, 0.2) is 0 Å². The largest absolute Gasteiger partial charge is 0.456 e. The third kappa shape index (κ3) is 3.69. The van der Waals surface area contributed by atoms with Crippen molar-refractivity contribution in [3.63, 3.8) is 0 Å². The third-order valence-electron chi connectivity index (χ3n) is 9.26. The summed E-state index contributed by atoms with van der Waals surface area (Å²) in [5, 5.41) is 7.90. The molecule has 0 spiro atoms. The Bertz CT molecular complexity index is 2790. The van der Waals surface area contributed by atoms with Crippen molar-refractivity contribution in [3.8, 4) is 33.5 Å². The SMILES string of the molecule is c1ccc(-c2c3c(cc4c(-c5ccc(-c6ccc7oc8ccccc8c7c6)cc5)nc5ccccc5c24)oc2ccccc23)cc1. The van der Waals surface area contributed by atoms with Gasteiger partial charge in [0.1, 0.15) is 22.3 Å². The Kier molecular flexibility index (Phi) is 5.28. The summed E-state index contributed by atoms with van der Waals surface area (Å²) in [5.74, 6) is 0. The smallest absolute Gasteiger partial charge is 0.136 e. The van der Waals surface area contributed by atoms with Crippen LogP contribution >= 0.6 is 0 Å². The minimum Gasteiger partial charge on any atom is -0.456 e. The van der Waals surface area contributed by atoms with Crippen molar-refractivity contribution in [3.05, 3.63) is 152 Å². The van der Waals surface area contributed by atoms with Crippen LogP contribution < -0.4 is 0 Å². The molecule has 7 aromatic carbocycles. The van der Waals surface area contributed by atoms with Crippen molar-refractivity contribution < 1.29 is 8.83 Å². The minimum absolute atomic E-state index is 0.864. The fourth-order valence-electron chi connectivity index (χ4n) is 7.16. The van der Waals surface area contributed by atoms with Gasteiger partial charge in [-0.15, -0.1) is 0 Å². The molecule has 0 amide bonds. The molecule has 0 aliphatic carbocycles. The number of rotatable bonds is 3. The van der Waals surface area contributed by atoms with Crippen LogP contribution in [0.3, 0.4) is 0 Å². The molecule has 10 aromatic rings. The first kappa shape index (κ1) is 25.2. The Hall–Kier alpha value is -6.19. The van der Waals surface area contributed by atoms with Gasteiger partial charge in [-0.1, -0.05) is 115 Å². The number of pyridine rings is 1. The highest BCUT2D eigenvalue weighted by molar-refractivity contribution is 6.27. The van der Waals surface area contributed by atoms with Gasteiger partial charge in [-0.05, 0) is 53.1 Å². The van der Waals surface area contributed by atoms with Gasteiger partial charge in [-0.3, -0.25) is 0 Å². The Morgan fingerprint density at radius 3 is 1.78 bits per heavy atom. The summed E-state index contributed by atoms with van der Waals surface area (Å²) >= 11 is 0. The maximum atomic E-state index is 6.53. The van der Waals surface area contributed by atoms with E-state index in [4.69, 9.17) is 13.8 Å². The van der Waals surface area contributed by atoms with Crippen LogP contribution in [0.1, 0.15) is 0 Å². The number of aromatic nitrogens is 1. The van der Waals surface area contributed by atoms with E-state index in [1.165, 1.54) is 10.9 Å². The normalized spacial score (nSPS) is 11.9. The molecule has 0 aliphatic heterocycles. The van der Waals surface area contributed by atoms with Crippen molar-refractivity contribution in [1.29, 1.82) is 0 Å². The number of furan rings is 2. The first-order valence-electron chi connectivity index (χ1n) is 15.5. The van der Waals surface area contributed by atoms with Crippen molar-refractivity contribution in [2.75, 3.05) is 0 Å². The summed E-state index contributed by atoms with van der Waals surface area (Å²) in [6, 6.07) is 53.1. The number of hydrogen-bond donors (Lipinski definition) is 0. The van der Waals surface area contributed by atoms with Gasteiger partial charge < -0.3 is 8.83 Å². The predicted molar refractivity (Wildman–Crippen MR) is 190 cm³/mol. The number of fused-ring (bicyclic) bond motifs is 9. The van der Waals surface area contributed by atoms with E-state index in [-0.39, 0.29) is 0 Å². The lowest BCUT2D eigenvalue weighted by Crippen LogP contribution is -1.93. The van der Waals surface area contributed by atoms with Crippen LogP contribution in [0.25, 0.3) is 99.1 Å². The molecule has 0 N–H and O–H groups in total. The third-order valence-corrected chi connectivity index (χ3v) is 9.26. The van der Waals surface area contributed by atoms with Crippen LogP contribution in [0.15, 0.2) is 160 Å². The average molecular weight is 588 g/mol. The molecule has 0 radical (unpaired) electrons. The molecule has 3 heteroatoms. The van der Waals surface area contributed by atoms with Crippen LogP contribution in [-0.2, 0) is 0 Å². The number of benzene rings is 7. The first-order chi connectivity index (χ1) is 22.8. The molecule has 214 valence electrons. The zero-order valence-corrected chi connectivity index (χ0v) is 24.7. The standard InChI is InChI=1S/C43H25NO2/c1-2-10-27(11-3-1)40-41-31-13-4-7-15-35(31)44-43(34(41)25-39-42(40)32-14-6-9-17-37(32)46-39)28-20-18-26(19-21-28)29-22-23-38-33(24-29)30-12-5-8-16-36(30)45-38/h1-25H. The molecule has 0 bridgehead atoms. The summed E-state index contributed by atoms with van der Waals surface area (Å²) in [6.45, 7) is 0. The Balaban J connectivity index is 1.23. The Morgan fingerprint density at radius 1 is 0.348 bits per heavy atom. The van der Waals surface area contributed by atoms with Gasteiger partial charge in [0, 0.05) is 48.8 Å². The average Bonchev–Trinajstić information content (AvgIpc) is 3.68. The molecular weight excluding hydrogens is 562 g/mol. The highest BCUT2D eigenvalue weighted by atomic mass is 16.3. The molecule has 3 aromatic heterocycles. The Morgan fingerprint density at radius 2 is 0.957 bits per heavy atom. The molecule has 0 saturated heterocycles. The van der Waals surface area contributed by atoms with Crippen LogP contribution in [0, 0.1) is 0 Å². The summed E-state index contributed by atoms with van der Waals surface area (Å²) in [5.41, 5.74) is 11.2. The van der Waals surface area contributed by atoms with Crippen molar-refractivity contribution >= 4 is 65.6 Å². The van der Waals surface area contributed by atoms with Gasteiger partial charge in [0.05, 0.1) is 11.2 Å². The second kappa shape index (κ2) is 9.65. The van der Waals surface area contributed by atoms with E-state index in [0.29, 0.717) is 0 Å². The fraction of sp³-hybridized carbons (Fsp3) is 0. The van der Waals surface area contributed by atoms with E-state index in [1.807, 2.05) is 18.2 Å². The highest BCUT2D eigenvalue weighted by Crippen LogP contribution is 2.46. The quantitative estimate of drug-likeness (QED) is 0.193. The zero-order valence-electron chi connectivity index (χ0n) is 24.7. The second-order valence-corrected chi connectivity index (χ2v) is 11.9. The van der Waals surface area contributed by atoms with Crippen LogP contribution in [0.5, 0.6) is 0 Å². The summed E-state index contributed by atoms with van der Waals surface area (Å²) in [7, 11) is 0. The number of para-hydroxylation sites is 3. The molecule has 0 unspecified atom stereocenters. The van der Waals surface area contributed by atoms with Gasteiger partial charge in [-0.2, -0.15) is 0 Å². The lowest BCUT2D eigenvalue weighted by atomic mass is 9.89. The molecule has 0 fully saturated rings. The fourth-order valence-corrected chi connectivity index (χ4v) is 7.16. The van der Waals surface area contributed by atoms with Crippen molar-refractivity contribution in [2.24, 2.45) is 0 Å². The molecule has 0 saturated carbocycles. The van der Waals surface area contributed by atoms with Crippen molar-refractivity contribution in [1.82, 2.24) is 4.98 Å². The van der Waals surface area contributed by atoms with E-state index >= 15 is 0 Å². The lowest BCUT2D eigenvalue weighted by Gasteiger charge is -2.16. The maximum absolute atomic E-state index is 6.53.